The van der Waals surface area contributed by atoms with Crippen LogP contribution in [-0.2, 0) is 27.4 Å². The van der Waals surface area contributed by atoms with Gasteiger partial charge in [0, 0.05) is 5.75 Å². The summed E-state index contributed by atoms with van der Waals surface area (Å²) in [7, 11) is -2.48. The molecule has 0 amide bonds. The van der Waals surface area contributed by atoms with Gasteiger partial charge in [0.05, 0.1) is 26.4 Å². The summed E-state index contributed by atoms with van der Waals surface area (Å²) < 4.78 is 25.6. The summed E-state index contributed by atoms with van der Waals surface area (Å²) in [5.41, 5.74) is 5.68. The SMILES string of the molecule is Cl.NC(CSP1OCCO1)C(=O)OP1OCCO1. The summed E-state index contributed by atoms with van der Waals surface area (Å²) in [6, 6.07) is -0.717. The van der Waals surface area contributed by atoms with Gasteiger partial charge in [0.1, 0.15) is 6.04 Å². The first-order chi connectivity index (χ1) is 8.25. The summed E-state index contributed by atoms with van der Waals surface area (Å²) >= 11 is 1.40. The van der Waals surface area contributed by atoms with Crippen molar-refractivity contribution in [1.82, 2.24) is 0 Å². The number of hydrogen-bond donors (Lipinski definition) is 1. The Hall–Kier alpha value is 0.770. The average molecular weight is 338 g/mol. The first-order valence-electron chi connectivity index (χ1n) is 4.98. The predicted molar refractivity (Wildman–Crippen MR) is 71.4 cm³/mol. The Balaban J connectivity index is 0.00000162. The molecule has 2 heterocycles. The molecule has 18 heavy (non-hydrogen) atoms. The standard InChI is InChI=1S/C7H13NO6P2S.ClH/c8-6(5-17-16-12-3-4-13-16)7(9)14-15-10-1-2-11-15;/h6H,1-5,8H2;1H. The highest BCUT2D eigenvalue weighted by molar-refractivity contribution is 8.52. The third-order valence-corrected chi connectivity index (χ3v) is 6.11. The van der Waals surface area contributed by atoms with E-state index < -0.39 is 28.2 Å². The van der Waals surface area contributed by atoms with E-state index in [1.807, 2.05) is 0 Å². The smallest absolute Gasteiger partial charge is 0.393 e. The molecule has 0 bridgehead atoms. The average Bonchev–Trinajstić information content (AvgIpc) is 2.98. The summed E-state index contributed by atoms with van der Waals surface area (Å²) in [4.78, 5) is 11.5. The topological polar surface area (TPSA) is 89.2 Å². The Kier molecular flexibility index (Phi) is 8.27. The van der Waals surface area contributed by atoms with E-state index in [0.29, 0.717) is 32.2 Å². The molecule has 0 aromatic heterocycles. The van der Waals surface area contributed by atoms with E-state index in [9.17, 15) is 4.79 Å². The van der Waals surface area contributed by atoms with Gasteiger partial charge in [0.15, 0.2) is 0 Å². The lowest BCUT2D eigenvalue weighted by Gasteiger charge is -2.13. The monoisotopic (exact) mass is 337 g/mol. The molecule has 2 rings (SSSR count). The second kappa shape index (κ2) is 8.84. The molecule has 7 nitrogen and oxygen atoms in total. The lowest BCUT2D eigenvalue weighted by molar-refractivity contribution is -0.135. The quantitative estimate of drug-likeness (QED) is 0.756. The number of carbonyl (C=O) groups excluding carboxylic acids is 1. The van der Waals surface area contributed by atoms with Crippen LogP contribution in [0.5, 0.6) is 0 Å². The first-order valence-corrected chi connectivity index (χ1v) is 8.84. The Morgan fingerprint density at radius 2 is 1.78 bits per heavy atom. The molecule has 2 fully saturated rings. The molecule has 2 aliphatic heterocycles. The Morgan fingerprint density at radius 3 is 2.39 bits per heavy atom. The molecule has 0 aliphatic carbocycles. The number of hydrogen-bond acceptors (Lipinski definition) is 8. The summed E-state index contributed by atoms with van der Waals surface area (Å²) in [5, 5.41) is 0. The molecule has 1 atom stereocenters. The van der Waals surface area contributed by atoms with Crippen LogP contribution in [-0.4, -0.2) is 44.2 Å². The summed E-state index contributed by atoms with van der Waals surface area (Å²) in [5.74, 6) is -0.118. The molecule has 2 N–H and O–H groups in total. The van der Waals surface area contributed by atoms with Crippen LogP contribution in [0, 0.1) is 0 Å². The Morgan fingerprint density at radius 1 is 1.22 bits per heavy atom. The zero-order valence-electron chi connectivity index (χ0n) is 9.35. The second-order valence-electron chi connectivity index (χ2n) is 3.09. The normalized spacial score (nSPS) is 22.7. The van der Waals surface area contributed by atoms with E-state index >= 15 is 0 Å². The zero-order chi connectivity index (χ0) is 12.1. The summed E-state index contributed by atoms with van der Waals surface area (Å²) in [6.45, 7) is 2.11. The maximum atomic E-state index is 11.5. The molecule has 0 spiro atoms. The van der Waals surface area contributed by atoms with Gasteiger partial charge in [-0.25, -0.2) is 0 Å². The van der Waals surface area contributed by atoms with Crippen LogP contribution in [0.1, 0.15) is 0 Å². The van der Waals surface area contributed by atoms with Crippen molar-refractivity contribution in [3.05, 3.63) is 0 Å². The second-order valence-corrected chi connectivity index (χ2v) is 7.46. The maximum absolute atomic E-state index is 11.5. The lowest BCUT2D eigenvalue weighted by Crippen LogP contribution is -2.33. The van der Waals surface area contributed by atoms with E-state index in [0.717, 1.165) is 0 Å². The number of nitrogens with two attached hydrogens (primary N) is 1. The Bertz CT molecular complexity index is 266. The van der Waals surface area contributed by atoms with Gasteiger partial charge in [-0.3, -0.25) is 13.8 Å². The van der Waals surface area contributed by atoms with Gasteiger partial charge < -0.3 is 19.3 Å². The fraction of sp³-hybridized carbons (Fsp3) is 0.857. The van der Waals surface area contributed by atoms with Crippen LogP contribution in [0.15, 0.2) is 0 Å². The highest BCUT2D eigenvalue weighted by atomic mass is 35.5. The maximum Gasteiger partial charge on any atom is 0.399 e. The van der Waals surface area contributed by atoms with Gasteiger partial charge >= 0.3 is 14.6 Å². The van der Waals surface area contributed by atoms with Gasteiger partial charge in [0.25, 0.3) is 0 Å². The molecule has 0 saturated carbocycles. The highest BCUT2D eigenvalue weighted by Gasteiger charge is 2.28. The fourth-order valence-corrected chi connectivity index (χ4v) is 4.74. The minimum Gasteiger partial charge on any atom is -0.393 e. The van der Waals surface area contributed by atoms with E-state index in [1.165, 1.54) is 11.4 Å². The van der Waals surface area contributed by atoms with Crippen LogP contribution in [0.4, 0.5) is 0 Å². The lowest BCUT2D eigenvalue weighted by atomic mass is 10.4. The molecular weight excluding hydrogens is 324 g/mol. The van der Waals surface area contributed by atoms with Crippen LogP contribution in [0.25, 0.3) is 0 Å². The molecule has 1 unspecified atom stereocenters. The minimum atomic E-state index is -1.53. The molecular formula is C7H14ClNO6P2S. The van der Waals surface area contributed by atoms with Crippen LogP contribution >= 0.6 is 40.0 Å². The third kappa shape index (κ3) is 5.41. The van der Waals surface area contributed by atoms with Crippen LogP contribution in [0.2, 0.25) is 0 Å². The van der Waals surface area contributed by atoms with Crippen molar-refractivity contribution >= 4 is 45.9 Å². The van der Waals surface area contributed by atoms with Crippen molar-refractivity contribution in [2.45, 2.75) is 6.04 Å². The largest absolute Gasteiger partial charge is 0.399 e. The van der Waals surface area contributed by atoms with E-state index in [2.05, 4.69) is 0 Å². The molecule has 0 aromatic rings. The van der Waals surface area contributed by atoms with Crippen molar-refractivity contribution in [2.75, 3.05) is 32.2 Å². The van der Waals surface area contributed by atoms with E-state index in [-0.39, 0.29) is 12.4 Å². The van der Waals surface area contributed by atoms with Gasteiger partial charge in [-0.05, 0) is 0 Å². The van der Waals surface area contributed by atoms with Gasteiger partial charge in [-0.1, -0.05) is 11.4 Å². The summed E-state index contributed by atoms with van der Waals surface area (Å²) in [6.07, 6.45) is 0. The Labute approximate surface area is 117 Å². The van der Waals surface area contributed by atoms with Gasteiger partial charge in [-0.2, -0.15) is 0 Å². The molecule has 2 aliphatic rings. The van der Waals surface area contributed by atoms with Gasteiger partial charge in [0.2, 0.25) is 7.58 Å². The van der Waals surface area contributed by atoms with E-state index in [4.69, 9.17) is 28.4 Å². The zero-order valence-corrected chi connectivity index (χ0v) is 12.8. The minimum absolute atomic E-state index is 0. The molecule has 0 aromatic carbocycles. The van der Waals surface area contributed by atoms with Crippen molar-refractivity contribution < 1.29 is 27.4 Å². The van der Waals surface area contributed by atoms with Crippen molar-refractivity contribution in [2.24, 2.45) is 5.73 Å². The van der Waals surface area contributed by atoms with Crippen molar-refractivity contribution in [3.63, 3.8) is 0 Å². The van der Waals surface area contributed by atoms with E-state index in [1.54, 1.807) is 0 Å². The fourth-order valence-electron chi connectivity index (χ4n) is 0.999. The molecule has 106 valence electrons. The van der Waals surface area contributed by atoms with Crippen LogP contribution in [0.3, 0.4) is 0 Å². The van der Waals surface area contributed by atoms with Crippen molar-refractivity contribution in [3.8, 4) is 0 Å². The van der Waals surface area contributed by atoms with Crippen LogP contribution < -0.4 is 5.73 Å². The van der Waals surface area contributed by atoms with Gasteiger partial charge in [-0.15, -0.1) is 12.4 Å². The molecule has 2 saturated heterocycles. The number of rotatable bonds is 5. The predicted octanol–water partition coefficient (Wildman–Crippen LogP) is 1.56. The highest BCUT2D eigenvalue weighted by Crippen LogP contribution is 2.54. The number of carbonyl (C=O) groups is 1. The first kappa shape index (κ1) is 16.8. The number of halogens is 1. The van der Waals surface area contributed by atoms with Crippen molar-refractivity contribution in [1.29, 1.82) is 0 Å². The molecule has 11 heteroatoms. The molecule has 0 radical (unpaired) electrons. The third-order valence-electron chi connectivity index (χ3n) is 1.78.